The minimum absolute atomic E-state index is 0.804. The first kappa shape index (κ1) is 14.3. The summed E-state index contributed by atoms with van der Waals surface area (Å²) in [6.07, 6.45) is -0.804. The van der Waals surface area contributed by atoms with Crippen molar-refractivity contribution in [3.05, 3.63) is 0 Å². The molecule has 0 fully saturated rings. The van der Waals surface area contributed by atoms with E-state index < -0.39 is 34.1 Å². The van der Waals surface area contributed by atoms with Crippen LogP contribution in [0.5, 0.6) is 0 Å². The number of halogens is 3. The van der Waals surface area contributed by atoms with E-state index in [-0.39, 0.29) is 0 Å². The number of hydrogen-bond acceptors (Lipinski definition) is 3. The highest BCUT2D eigenvalue weighted by molar-refractivity contribution is 6.76. The number of hydrogen-bond donors (Lipinski definition) is 3. The van der Waals surface area contributed by atoms with Gasteiger partial charge < -0.3 is 15.5 Å². The van der Waals surface area contributed by atoms with E-state index in [1.807, 2.05) is 0 Å². The van der Waals surface area contributed by atoms with Crippen LogP contribution in [-0.2, 0) is 14.4 Å². The van der Waals surface area contributed by atoms with E-state index in [9.17, 15) is 14.4 Å². The molecule has 0 spiro atoms. The largest absolute Gasteiger partial charge is 0.481 e. The Morgan fingerprint density at radius 1 is 1.20 bits per heavy atom. The smallest absolute Gasteiger partial charge is 0.326 e. The number of rotatable bonds is 4. The second-order valence-corrected chi connectivity index (χ2v) is 4.74. The second kappa shape index (κ2) is 5.39. The summed E-state index contributed by atoms with van der Waals surface area (Å²) >= 11 is 15.4. The van der Waals surface area contributed by atoms with Crippen LogP contribution >= 0.6 is 34.8 Å². The Hall–Kier alpha value is -0.720. The summed E-state index contributed by atoms with van der Waals surface area (Å²) in [4.78, 5) is 31.7. The van der Waals surface area contributed by atoms with Crippen LogP contribution in [0.25, 0.3) is 0 Å². The molecule has 0 rings (SSSR count). The van der Waals surface area contributed by atoms with Gasteiger partial charge in [0.15, 0.2) is 0 Å². The molecule has 0 aromatic rings. The summed E-state index contributed by atoms with van der Waals surface area (Å²) in [5.74, 6) is -4.12. The summed E-state index contributed by atoms with van der Waals surface area (Å²) in [5, 5.41) is 18.6. The Balaban J connectivity index is 4.50. The molecule has 0 saturated heterocycles. The van der Waals surface area contributed by atoms with Crippen molar-refractivity contribution in [1.82, 2.24) is 5.32 Å². The maximum atomic E-state index is 11.0. The zero-order valence-corrected chi connectivity index (χ0v) is 9.31. The van der Waals surface area contributed by atoms with Crippen molar-refractivity contribution in [3.8, 4) is 0 Å². The monoisotopic (exact) mass is 277 g/mol. The normalized spacial score (nSPS) is 13.0. The highest BCUT2D eigenvalue weighted by atomic mass is 35.6. The van der Waals surface area contributed by atoms with Gasteiger partial charge in [0.1, 0.15) is 6.04 Å². The summed E-state index contributed by atoms with van der Waals surface area (Å²) in [7, 11) is 0. The van der Waals surface area contributed by atoms with E-state index in [0.717, 1.165) is 0 Å². The molecule has 0 aromatic carbocycles. The van der Waals surface area contributed by atoms with Crippen LogP contribution in [0, 0.1) is 0 Å². The van der Waals surface area contributed by atoms with Gasteiger partial charge in [0.2, 0.25) is 0 Å². The predicted molar refractivity (Wildman–Crippen MR) is 52.1 cm³/mol. The molecule has 0 unspecified atom stereocenters. The minimum Gasteiger partial charge on any atom is -0.481 e. The number of nitrogens with one attached hydrogen (secondary N) is 1. The van der Waals surface area contributed by atoms with Gasteiger partial charge in [-0.1, -0.05) is 34.8 Å². The highest BCUT2D eigenvalue weighted by Gasteiger charge is 2.34. The lowest BCUT2D eigenvalue weighted by atomic mass is 10.2. The third-order valence-electron chi connectivity index (χ3n) is 1.24. The average Bonchev–Trinajstić information content (AvgIpc) is 1.99. The van der Waals surface area contributed by atoms with Gasteiger partial charge in [-0.3, -0.25) is 9.59 Å². The maximum absolute atomic E-state index is 11.0. The molecule has 0 aliphatic rings. The van der Waals surface area contributed by atoms with Crippen molar-refractivity contribution >= 4 is 52.6 Å². The number of alkyl halides is 3. The van der Waals surface area contributed by atoms with E-state index in [1.54, 1.807) is 5.32 Å². The zero-order chi connectivity index (χ0) is 12.2. The molecule has 1 amide bonds. The van der Waals surface area contributed by atoms with E-state index >= 15 is 0 Å². The lowest BCUT2D eigenvalue weighted by Crippen LogP contribution is -2.46. The minimum atomic E-state index is -2.33. The summed E-state index contributed by atoms with van der Waals surface area (Å²) in [6.45, 7) is 0. The van der Waals surface area contributed by atoms with Crippen LogP contribution in [0.1, 0.15) is 6.42 Å². The van der Waals surface area contributed by atoms with Crippen molar-refractivity contribution < 1.29 is 24.6 Å². The molecule has 9 heteroatoms. The molecule has 0 aliphatic heterocycles. The van der Waals surface area contributed by atoms with Gasteiger partial charge in [-0.25, -0.2) is 4.79 Å². The molecule has 1 atom stereocenters. The fourth-order valence-corrected chi connectivity index (χ4v) is 0.778. The van der Waals surface area contributed by atoms with Gasteiger partial charge in [0.05, 0.1) is 6.42 Å². The van der Waals surface area contributed by atoms with Gasteiger partial charge in [-0.2, -0.15) is 0 Å². The van der Waals surface area contributed by atoms with E-state index in [2.05, 4.69) is 0 Å². The van der Waals surface area contributed by atoms with Crippen molar-refractivity contribution in [2.75, 3.05) is 0 Å². The number of amides is 1. The molecular formula is C6H6Cl3NO5. The molecule has 3 N–H and O–H groups in total. The molecular weight excluding hydrogens is 272 g/mol. The fraction of sp³-hybridized carbons (Fsp3) is 0.500. The molecule has 0 bridgehead atoms. The van der Waals surface area contributed by atoms with Crippen molar-refractivity contribution in [2.45, 2.75) is 16.3 Å². The molecule has 0 aromatic heterocycles. The zero-order valence-electron chi connectivity index (χ0n) is 7.04. The van der Waals surface area contributed by atoms with Crippen LogP contribution in [0.2, 0.25) is 0 Å². The SMILES string of the molecule is O=C(O)C[C@H](NC(=O)C(Cl)(Cl)Cl)C(=O)O. The lowest BCUT2D eigenvalue weighted by Gasteiger charge is -2.16. The Morgan fingerprint density at radius 2 is 1.67 bits per heavy atom. The van der Waals surface area contributed by atoms with Crippen molar-refractivity contribution in [1.29, 1.82) is 0 Å². The van der Waals surface area contributed by atoms with Gasteiger partial charge in [-0.15, -0.1) is 0 Å². The Kier molecular flexibility index (Phi) is 5.13. The third-order valence-corrected chi connectivity index (χ3v) is 1.75. The summed E-state index contributed by atoms with van der Waals surface area (Å²) in [5.41, 5.74) is 0. The maximum Gasteiger partial charge on any atom is 0.326 e. The fourth-order valence-electron chi connectivity index (χ4n) is 0.615. The number of carboxylic acid groups (broad SMARTS) is 2. The van der Waals surface area contributed by atoms with Crippen LogP contribution in [0.15, 0.2) is 0 Å². The van der Waals surface area contributed by atoms with Crippen LogP contribution < -0.4 is 5.32 Å². The molecule has 86 valence electrons. The van der Waals surface area contributed by atoms with E-state index in [0.29, 0.717) is 0 Å². The van der Waals surface area contributed by atoms with Crippen molar-refractivity contribution in [2.24, 2.45) is 0 Å². The average molecular weight is 278 g/mol. The number of carboxylic acids is 2. The first-order valence-electron chi connectivity index (χ1n) is 3.47. The van der Waals surface area contributed by atoms with Gasteiger partial charge in [-0.05, 0) is 0 Å². The predicted octanol–water partition coefficient (Wildman–Crippen LogP) is 0.401. The molecule has 15 heavy (non-hydrogen) atoms. The van der Waals surface area contributed by atoms with Gasteiger partial charge in [0.25, 0.3) is 9.70 Å². The van der Waals surface area contributed by atoms with E-state index in [1.165, 1.54) is 0 Å². The Bertz CT molecular complexity index is 287. The molecule has 6 nitrogen and oxygen atoms in total. The summed E-state index contributed by atoms with van der Waals surface area (Å²) in [6, 6.07) is -1.63. The van der Waals surface area contributed by atoms with Crippen LogP contribution in [0.3, 0.4) is 0 Å². The van der Waals surface area contributed by atoms with Gasteiger partial charge in [0, 0.05) is 0 Å². The number of carbonyl (C=O) groups excluding carboxylic acids is 1. The molecule has 0 aliphatic carbocycles. The Labute approximate surface area is 99.1 Å². The van der Waals surface area contributed by atoms with Crippen LogP contribution in [0.4, 0.5) is 0 Å². The topological polar surface area (TPSA) is 104 Å². The molecule has 0 saturated carbocycles. The van der Waals surface area contributed by atoms with Crippen molar-refractivity contribution in [3.63, 3.8) is 0 Å². The third kappa shape index (κ3) is 5.66. The first-order chi connectivity index (χ1) is 6.64. The number of aliphatic carboxylic acids is 2. The Morgan fingerprint density at radius 3 is 1.93 bits per heavy atom. The van der Waals surface area contributed by atoms with Crippen LogP contribution in [-0.4, -0.2) is 37.9 Å². The van der Waals surface area contributed by atoms with Gasteiger partial charge >= 0.3 is 11.9 Å². The molecule has 0 radical (unpaired) electrons. The standard InChI is InChI=1S/C6H6Cl3NO5/c7-6(8,9)5(15)10-2(4(13)14)1-3(11)12/h2H,1H2,(H,10,15)(H,11,12)(H,13,14)/t2-/m0/s1. The summed E-state index contributed by atoms with van der Waals surface area (Å²) < 4.78 is -2.33. The number of carbonyl (C=O) groups is 3. The quantitative estimate of drug-likeness (QED) is 0.646. The van der Waals surface area contributed by atoms with E-state index in [4.69, 9.17) is 45.0 Å². The second-order valence-electron chi connectivity index (χ2n) is 2.46. The lowest BCUT2D eigenvalue weighted by molar-refractivity contribution is -0.147. The molecule has 0 heterocycles. The highest BCUT2D eigenvalue weighted by Crippen LogP contribution is 2.26. The first-order valence-corrected chi connectivity index (χ1v) is 4.60.